The Balaban J connectivity index is 2.11. The van der Waals surface area contributed by atoms with Gasteiger partial charge >= 0.3 is 0 Å². The average Bonchev–Trinajstić information content (AvgIpc) is 2.53. The van der Waals surface area contributed by atoms with Gasteiger partial charge in [-0.3, -0.25) is 4.98 Å². The van der Waals surface area contributed by atoms with E-state index in [0.717, 1.165) is 25.1 Å². The Bertz CT molecular complexity index is 510. The van der Waals surface area contributed by atoms with Crippen LogP contribution in [0.4, 0.5) is 5.69 Å². The maximum Gasteiger partial charge on any atom is 0.0787 e. The molecule has 2 aromatic rings. The van der Waals surface area contributed by atoms with Crippen molar-refractivity contribution in [2.24, 2.45) is 0 Å². The molecule has 0 saturated carbocycles. The summed E-state index contributed by atoms with van der Waals surface area (Å²) in [5.41, 5.74) is 3.41. The highest BCUT2D eigenvalue weighted by Gasteiger charge is 2.08. The molecule has 1 aromatic carbocycles. The summed E-state index contributed by atoms with van der Waals surface area (Å²) in [6.07, 6.45) is 4.03. The van der Waals surface area contributed by atoms with Gasteiger partial charge in [-0.1, -0.05) is 19.1 Å². The molecule has 0 spiro atoms. The lowest BCUT2D eigenvalue weighted by atomic mass is 10.1. The molecule has 0 radical (unpaired) electrons. The van der Waals surface area contributed by atoms with Crippen molar-refractivity contribution >= 4 is 5.69 Å². The second-order valence-corrected chi connectivity index (χ2v) is 4.89. The maximum atomic E-state index is 9.83. The zero-order chi connectivity index (χ0) is 14.4. The topological polar surface area (TPSA) is 36.4 Å². The summed E-state index contributed by atoms with van der Waals surface area (Å²) >= 11 is 0. The van der Waals surface area contributed by atoms with Crippen molar-refractivity contribution in [3.8, 4) is 0 Å². The molecule has 2 rings (SSSR count). The molecule has 0 aliphatic heterocycles. The fraction of sp³-hybridized carbons (Fsp3) is 0.353. The lowest BCUT2D eigenvalue weighted by molar-refractivity contribution is 0.173. The fourth-order valence-electron chi connectivity index (χ4n) is 2.24. The van der Waals surface area contributed by atoms with E-state index in [0.29, 0.717) is 0 Å². The molecular weight excluding hydrogens is 248 g/mol. The molecule has 0 amide bonds. The van der Waals surface area contributed by atoms with Crippen LogP contribution in [0.25, 0.3) is 0 Å². The third kappa shape index (κ3) is 3.58. The first-order valence-electron chi connectivity index (χ1n) is 7.16. The summed E-state index contributed by atoms with van der Waals surface area (Å²) < 4.78 is 0. The van der Waals surface area contributed by atoms with Gasteiger partial charge in [0.2, 0.25) is 0 Å². The Morgan fingerprint density at radius 1 is 1.05 bits per heavy atom. The Morgan fingerprint density at radius 3 is 2.25 bits per heavy atom. The van der Waals surface area contributed by atoms with Gasteiger partial charge < -0.3 is 10.0 Å². The normalized spacial score (nSPS) is 12.2. The van der Waals surface area contributed by atoms with E-state index in [9.17, 15) is 5.11 Å². The molecule has 1 aromatic heterocycles. The molecule has 1 atom stereocenters. The Kier molecular flexibility index (Phi) is 5.13. The van der Waals surface area contributed by atoms with Crippen LogP contribution >= 0.6 is 0 Å². The second kappa shape index (κ2) is 7.06. The molecular formula is C17H22N2O. The highest BCUT2D eigenvalue weighted by Crippen LogP contribution is 2.22. The van der Waals surface area contributed by atoms with E-state index in [2.05, 4.69) is 28.9 Å². The minimum Gasteiger partial charge on any atom is -0.388 e. The molecule has 20 heavy (non-hydrogen) atoms. The summed E-state index contributed by atoms with van der Waals surface area (Å²) in [5, 5.41) is 9.83. The van der Waals surface area contributed by atoms with Crippen molar-refractivity contribution in [1.29, 1.82) is 0 Å². The van der Waals surface area contributed by atoms with E-state index in [1.165, 1.54) is 11.3 Å². The third-order valence-electron chi connectivity index (χ3n) is 3.53. The predicted octanol–water partition coefficient (Wildman–Crippen LogP) is 3.55. The van der Waals surface area contributed by atoms with Gasteiger partial charge in [0, 0.05) is 31.2 Å². The van der Waals surface area contributed by atoms with Crippen LogP contribution in [0, 0.1) is 0 Å². The first-order valence-corrected chi connectivity index (χ1v) is 7.16. The van der Waals surface area contributed by atoms with Gasteiger partial charge in [0.15, 0.2) is 0 Å². The van der Waals surface area contributed by atoms with Crippen molar-refractivity contribution in [2.75, 3.05) is 11.4 Å². The van der Waals surface area contributed by atoms with E-state index >= 15 is 0 Å². The summed E-state index contributed by atoms with van der Waals surface area (Å²) in [7, 11) is 0. The number of hydrogen-bond acceptors (Lipinski definition) is 3. The van der Waals surface area contributed by atoms with Crippen molar-refractivity contribution in [3.63, 3.8) is 0 Å². The van der Waals surface area contributed by atoms with Gasteiger partial charge in [-0.25, -0.2) is 0 Å². The quantitative estimate of drug-likeness (QED) is 0.872. The van der Waals surface area contributed by atoms with Crippen LogP contribution in [0.3, 0.4) is 0 Å². The first-order chi connectivity index (χ1) is 9.74. The minimum absolute atomic E-state index is 0.362. The number of aliphatic hydroxyl groups is 1. The number of anilines is 1. The molecule has 3 heteroatoms. The first kappa shape index (κ1) is 14.5. The van der Waals surface area contributed by atoms with Gasteiger partial charge in [-0.15, -0.1) is 0 Å². The predicted molar refractivity (Wildman–Crippen MR) is 82.7 cm³/mol. The molecule has 0 saturated heterocycles. The Morgan fingerprint density at radius 2 is 1.70 bits per heavy atom. The van der Waals surface area contributed by atoms with Gasteiger partial charge in [0.1, 0.15) is 0 Å². The van der Waals surface area contributed by atoms with Crippen LogP contribution in [-0.2, 0) is 6.54 Å². The van der Waals surface area contributed by atoms with Gasteiger partial charge in [0.05, 0.1) is 6.10 Å². The van der Waals surface area contributed by atoms with E-state index in [-0.39, 0.29) is 6.10 Å². The number of benzene rings is 1. The maximum absolute atomic E-state index is 9.83. The monoisotopic (exact) mass is 270 g/mol. The van der Waals surface area contributed by atoms with Crippen LogP contribution in [0.5, 0.6) is 0 Å². The van der Waals surface area contributed by atoms with Gasteiger partial charge in [-0.05, 0) is 48.7 Å². The van der Waals surface area contributed by atoms with Crippen LogP contribution in [-0.4, -0.2) is 16.6 Å². The molecule has 0 bridgehead atoms. The van der Waals surface area contributed by atoms with Gasteiger partial charge in [-0.2, -0.15) is 0 Å². The zero-order valence-corrected chi connectivity index (χ0v) is 12.2. The lowest BCUT2D eigenvalue weighted by Gasteiger charge is -2.23. The molecule has 0 aliphatic carbocycles. The van der Waals surface area contributed by atoms with Crippen molar-refractivity contribution < 1.29 is 5.11 Å². The molecule has 3 nitrogen and oxygen atoms in total. The lowest BCUT2D eigenvalue weighted by Crippen LogP contribution is -2.21. The second-order valence-electron chi connectivity index (χ2n) is 4.89. The largest absolute Gasteiger partial charge is 0.388 e. The SMILES string of the molecule is CC[C@@H](O)c1ccc(N(CC)Cc2ccncc2)cc1. The Hall–Kier alpha value is -1.87. The van der Waals surface area contributed by atoms with E-state index < -0.39 is 0 Å². The van der Waals surface area contributed by atoms with Crippen LogP contribution in [0.15, 0.2) is 48.8 Å². The third-order valence-corrected chi connectivity index (χ3v) is 3.53. The van der Waals surface area contributed by atoms with Crippen LogP contribution < -0.4 is 4.90 Å². The standard InChI is InChI=1S/C17H22N2O/c1-3-17(20)15-5-7-16(8-6-15)19(4-2)13-14-9-11-18-12-10-14/h5-12,17,20H,3-4,13H2,1-2H3/t17-/m1/s1. The number of nitrogens with zero attached hydrogens (tertiary/aromatic N) is 2. The van der Waals surface area contributed by atoms with E-state index in [1.807, 2.05) is 43.6 Å². The summed E-state index contributed by atoms with van der Waals surface area (Å²) in [5.74, 6) is 0. The highest BCUT2D eigenvalue weighted by atomic mass is 16.3. The number of aliphatic hydroxyl groups excluding tert-OH is 1. The van der Waals surface area contributed by atoms with Gasteiger partial charge in [0.25, 0.3) is 0 Å². The summed E-state index contributed by atoms with van der Waals surface area (Å²) in [6.45, 7) is 5.95. The van der Waals surface area contributed by atoms with Crippen molar-refractivity contribution in [3.05, 3.63) is 59.9 Å². The van der Waals surface area contributed by atoms with E-state index in [1.54, 1.807) is 0 Å². The molecule has 0 unspecified atom stereocenters. The fourth-order valence-corrected chi connectivity index (χ4v) is 2.24. The number of hydrogen-bond donors (Lipinski definition) is 1. The number of aromatic nitrogens is 1. The van der Waals surface area contributed by atoms with Crippen LogP contribution in [0.1, 0.15) is 37.5 Å². The molecule has 0 fully saturated rings. The number of pyridine rings is 1. The molecule has 1 N–H and O–H groups in total. The zero-order valence-electron chi connectivity index (χ0n) is 12.2. The van der Waals surface area contributed by atoms with E-state index in [4.69, 9.17) is 0 Å². The Labute approximate surface area is 120 Å². The van der Waals surface area contributed by atoms with Crippen molar-refractivity contribution in [1.82, 2.24) is 4.98 Å². The smallest absolute Gasteiger partial charge is 0.0787 e. The summed E-state index contributed by atoms with van der Waals surface area (Å²) in [6, 6.07) is 12.3. The minimum atomic E-state index is -0.362. The molecule has 0 aliphatic rings. The highest BCUT2D eigenvalue weighted by molar-refractivity contribution is 5.48. The molecule has 106 valence electrons. The number of rotatable bonds is 6. The average molecular weight is 270 g/mol. The van der Waals surface area contributed by atoms with Crippen LogP contribution in [0.2, 0.25) is 0 Å². The summed E-state index contributed by atoms with van der Waals surface area (Å²) in [4.78, 5) is 6.35. The molecule has 1 heterocycles. The van der Waals surface area contributed by atoms with Crippen molar-refractivity contribution in [2.45, 2.75) is 32.9 Å².